The summed E-state index contributed by atoms with van der Waals surface area (Å²) in [5.74, 6) is 0. The molecule has 0 radical (unpaired) electrons. The molecule has 1 N–H and O–H groups in total. The van der Waals surface area contributed by atoms with E-state index in [1.807, 2.05) is 36.4 Å². The van der Waals surface area contributed by atoms with Crippen LogP contribution in [0.1, 0.15) is 0 Å². The van der Waals surface area contributed by atoms with Gasteiger partial charge < -0.3 is 5.32 Å². The molecule has 5 heteroatoms. The van der Waals surface area contributed by atoms with E-state index in [0.717, 1.165) is 29.3 Å². The lowest BCUT2D eigenvalue weighted by Crippen LogP contribution is -1.92. The average Bonchev–Trinajstić information content (AvgIpc) is 2.28. The fraction of sp³-hybridized carbons (Fsp3) is 0. The van der Waals surface area contributed by atoms with Crippen molar-refractivity contribution < 1.29 is 0 Å². The molecule has 17 heavy (non-hydrogen) atoms. The Morgan fingerprint density at radius 3 is 2.24 bits per heavy atom. The zero-order chi connectivity index (χ0) is 12.4. The summed E-state index contributed by atoms with van der Waals surface area (Å²) in [6.45, 7) is 0. The van der Waals surface area contributed by atoms with Crippen LogP contribution in [0.4, 0.5) is 11.4 Å². The zero-order valence-corrected chi connectivity index (χ0v) is 14.8. The van der Waals surface area contributed by atoms with Crippen LogP contribution in [0.2, 0.25) is 0 Å². The highest BCUT2D eigenvalue weighted by Gasteiger charge is 2.06. The first-order chi connectivity index (χ1) is 8.08. The van der Waals surface area contributed by atoms with Crippen molar-refractivity contribution in [1.29, 1.82) is 0 Å². The third-order valence-corrected chi connectivity index (χ3v) is 5.35. The number of hydrogen-bond donors (Lipinski definition) is 1. The Bertz CT molecular complexity index is 554. The van der Waals surface area contributed by atoms with Gasteiger partial charge in [-0.15, -0.1) is 0 Å². The summed E-state index contributed by atoms with van der Waals surface area (Å²) in [7, 11) is 0. The van der Waals surface area contributed by atoms with Gasteiger partial charge in [-0.3, -0.25) is 0 Å². The van der Waals surface area contributed by atoms with Crippen LogP contribution in [0, 0.1) is 0 Å². The SMILES string of the molecule is Brc1ccc(Nc2cccc(Br)c2Br)c(Br)c1. The molecular weight excluding hydrogens is 478 g/mol. The molecule has 0 aliphatic carbocycles. The standard InChI is InChI=1S/C12H7Br4N/c13-7-4-5-10(9(15)6-7)17-11-3-1-2-8(14)12(11)16/h1-6,17H. The van der Waals surface area contributed by atoms with E-state index in [9.17, 15) is 0 Å². The number of benzene rings is 2. The molecule has 0 spiro atoms. The van der Waals surface area contributed by atoms with Gasteiger partial charge in [0.05, 0.1) is 15.8 Å². The average molecular weight is 485 g/mol. The van der Waals surface area contributed by atoms with E-state index in [2.05, 4.69) is 69.0 Å². The van der Waals surface area contributed by atoms with Crippen molar-refractivity contribution in [3.05, 3.63) is 54.3 Å². The van der Waals surface area contributed by atoms with Crippen LogP contribution >= 0.6 is 63.7 Å². The van der Waals surface area contributed by atoms with E-state index < -0.39 is 0 Å². The fourth-order valence-corrected chi connectivity index (χ4v) is 3.21. The molecule has 0 aliphatic rings. The molecule has 0 bridgehead atoms. The summed E-state index contributed by atoms with van der Waals surface area (Å²) in [5.41, 5.74) is 2.04. The van der Waals surface area contributed by atoms with Gasteiger partial charge in [-0.05, 0) is 78.1 Å². The van der Waals surface area contributed by atoms with Gasteiger partial charge in [-0.1, -0.05) is 22.0 Å². The Labute approximate surface area is 134 Å². The van der Waals surface area contributed by atoms with Crippen LogP contribution in [0.3, 0.4) is 0 Å². The monoisotopic (exact) mass is 481 g/mol. The third-order valence-electron chi connectivity index (χ3n) is 2.15. The molecule has 2 rings (SSSR count). The first-order valence-corrected chi connectivity index (χ1v) is 7.91. The maximum Gasteiger partial charge on any atom is 0.0552 e. The van der Waals surface area contributed by atoms with Gasteiger partial charge in [-0.25, -0.2) is 0 Å². The minimum atomic E-state index is 1.01. The molecule has 0 saturated heterocycles. The minimum Gasteiger partial charge on any atom is -0.354 e. The highest BCUT2D eigenvalue weighted by Crippen LogP contribution is 2.35. The lowest BCUT2D eigenvalue weighted by Gasteiger charge is -2.11. The molecule has 0 aromatic heterocycles. The Morgan fingerprint density at radius 1 is 0.765 bits per heavy atom. The summed E-state index contributed by atoms with van der Waals surface area (Å²) in [5, 5.41) is 3.36. The molecule has 2 aromatic carbocycles. The molecule has 0 heterocycles. The molecule has 0 aliphatic heterocycles. The normalized spacial score (nSPS) is 10.4. The number of nitrogens with one attached hydrogen (secondary N) is 1. The van der Waals surface area contributed by atoms with E-state index >= 15 is 0 Å². The Balaban J connectivity index is 2.35. The van der Waals surface area contributed by atoms with Crippen LogP contribution in [0.5, 0.6) is 0 Å². The van der Waals surface area contributed by atoms with E-state index in [4.69, 9.17) is 0 Å². The first kappa shape index (κ1) is 13.6. The van der Waals surface area contributed by atoms with Crippen LogP contribution < -0.4 is 5.32 Å². The van der Waals surface area contributed by atoms with Gasteiger partial charge in [0.1, 0.15) is 0 Å². The van der Waals surface area contributed by atoms with E-state index in [0.29, 0.717) is 0 Å². The van der Waals surface area contributed by atoms with E-state index in [1.165, 1.54) is 0 Å². The molecule has 0 saturated carbocycles. The second-order valence-electron chi connectivity index (χ2n) is 3.35. The van der Waals surface area contributed by atoms with Gasteiger partial charge in [0.25, 0.3) is 0 Å². The highest BCUT2D eigenvalue weighted by molar-refractivity contribution is 9.13. The first-order valence-electron chi connectivity index (χ1n) is 4.74. The van der Waals surface area contributed by atoms with Gasteiger partial charge in [0.2, 0.25) is 0 Å². The topological polar surface area (TPSA) is 12.0 Å². The molecular formula is C12H7Br4N. The van der Waals surface area contributed by atoms with Crippen molar-refractivity contribution in [2.75, 3.05) is 5.32 Å². The van der Waals surface area contributed by atoms with Crippen LogP contribution in [0.15, 0.2) is 54.3 Å². The van der Waals surface area contributed by atoms with Crippen LogP contribution in [-0.4, -0.2) is 0 Å². The zero-order valence-electron chi connectivity index (χ0n) is 8.48. The van der Waals surface area contributed by atoms with Gasteiger partial charge in [-0.2, -0.15) is 0 Å². The van der Waals surface area contributed by atoms with Crippen molar-refractivity contribution >= 4 is 75.1 Å². The Kier molecular flexibility index (Phi) is 4.69. The quantitative estimate of drug-likeness (QED) is 0.514. The Morgan fingerprint density at radius 2 is 1.53 bits per heavy atom. The second kappa shape index (κ2) is 5.87. The fourth-order valence-electron chi connectivity index (χ4n) is 1.34. The lowest BCUT2D eigenvalue weighted by atomic mass is 10.3. The van der Waals surface area contributed by atoms with Crippen LogP contribution in [-0.2, 0) is 0 Å². The minimum absolute atomic E-state index is 1.01. The van der Waals surface area contributed by atoms with Crippen LogP contribution in [0.25, 0.3) is 0 Å². The lowest BCUT2D eigenvalue weighted by molar-refractivity contribution is 1.48. The summed E-state index contributed by atoms with van der Waals surface area (Å²) < 4.78 is 4.09. The van der Waals surface area contributed by atoms with E-state index in [-0.39, 0.29) is 0 Å². The van der Waals surface area contributed by atoms with Gasteiger partial charge in [0.15, 0.2) is 0 Å². The van der Waals surface area contributed by atoms with Gasteiger partial charge in [0, 0.05) is 13.4 Å². The smallest absolute Gasteiger partial charge is 0.0552 e. The molecule has 0 atom stereocenters. The maximum absolute atomic E-state index is 3.54. The number of halogens is 4. The molecule has 2 aromatic rings. The number of anilines is 2. The molecule has 0 unspecified atom stereocenters. The molecule has 0 amide bonds. The highest BCUT2D eigenvalue weighted by atomic mass is 79.9. The van der Waals surface area contributed by atoms with Crippen molar-refractivity contribution in [2.45, 2.75) is 0 Å². The molecule has 0 fully saturated rings. The van der Waals surface area contributed by atoms with Crippen molar-refractivity contribution in [3.8, 4) is 0 Å². The predicted molar refractivity (Wildman–Crippen MR) is 87.0 cm³/mol. The molecule has 1 nitrogen and oxygen atoms in total. The third kappa shape index (κ3) is 3.34. The maximum atomic E-state index is 3.54. The second-order valence-corrected chi connectivity index (χ2v) is 6.77. The van der Waals surface area contributed by atoms with E-state index in [1.54, 1.807) is 0 Å². The summed E-state index contributed by atoms with van der Waals surface area (Å²) in [6.07, 6.45) is 0. The molecule has 88 valence electrons. The van der Waals surface area contributed by atoms with Gasteiger partial charge >= 0.3 is 0 Å². The summed E-state index contributed by atoms with van der Waals surface area (Å²) in [6, 6.07) is 12.0. The largest absolute Gasteiger partial charge is 0.354 e. The van der Waals surface area contributed by atoms with Crippen molar-refractivity contribution in [2.24, 2.45) is 0 Å². The summed E-state index contributed by atoms with van der Waals surface area (Å²) >= 11 is 14.0. The number of rotatable bonds is 2. The summed E-state index contributed by atoms with van der Waals surface area (Å²) in [4.78, 5) is 0. The Hall–Kier alpha value is 0.160. The van der Waals surface area contributed by atoms with Crippen molar-refractivity contribution in [1.82, 2.24) is 0 Å². The predicted octanol–water partition coefficient (Wildman–Crippen LogP) is 6.48. The van der Waals surface area contributed by atoms with Crippen molar-refractivity contribution in [3.63, 3.8) is 0 Å². The number of hydrogen-bond acceptors (Lipinski definition) is 1.